The van der Waals surface area contributed by atoms with Crippen LogP contribution >= 0.6 is 0 Å². The van der Waals surface area contributed by atoms with Crippen molar-refractivity contribution in [2.45, 2.75) is 37.8 Å². The van der Waals surface area contributed by atoms with Crippen molar-refractivity contribution in [1.82, 2.24) is 9.97 Å². The standard InChI is InChI=1S/2C20H22N2O3Si.2BrH/c2*1-23-26(24-2,25-3)10-4-5-18-17-9-8-15-12-21-11-14-6-7-16(13-22-18)20(17)19(14)15;;/h2*6-9,11-13H,4-5,10H2,1-3H3;2*1H. The van der Waals surface area contributed by atoms with Crippen molar-refractivity contribution in [2.24, 2.45) is 0 Å². The summed E-state index contributed by atoms with van der Waals surface area (Å²) in [5, 5.41) is 14.9. The molecule has 4 heterocycles. The molecule has 8 aromatic rings. The smallest absolute Gasteiger partial charge is 0.500 e. The highest BCUT2D eigenvalue weighted by atomic mass is 79.9. The van der Waals surface area contributed by atoms with Gasteiger partial charge in [-0.3, -0.25) is 9.97 Å². The molecular weight excluding hydrogens is 848 g/mol. The van der Waals surface area contributed by atoms with Gasteiger partial charge in [0.25, 0.3) is 0 Å². The Balaban J connectivity index is 0.000000200. The second kappa shape index (κ2) is 18.1. The minimum absolute atomic E-state index is 0. The van der Waals surface area contributed by atoms with Gasteiger partial charge in [-0.1, -0.05) is 24.3 Å². The van der Waals surface area contributed by atoms with Crippen LogP contribution in [0.4, 0.5) is 0 Å². The summed E-state index contributed by atoms with van der Waals surface area (Å²) in [6.07, 6.45) is 15.7. The Bertz CT molecular complexity index is 2230. The molecule has 54 heavy (non-hydrogen) atoms. The average molecular weight is 895 g/mol. The van der Waals surface area contributed by atoms with Crippen LogP contribution in [0.15, 0.2) is 85.7 Å². The second-order valence-corrected chi connectivity index (χ2v) is 19.2. The van der Waals surface area contributed by atoms with E-state index in [0.717, 1.165) is 49.2 Å². The van der Waals surface area contributed by atoms with Gasteiger partial charge in [0.05, 0.1) is 0 Å². The number of rotatable bonds is 14. The van der Waals surface area contributed by atoms with Crippen LogP contribution in [-0.4, -0.2) is 70.2 Å². The summed E-state index contributed by atoms with van der Waals surface area (Å²) in [6, 6.07) is 18.9. The lowest BCUT2D eigenvalue weighted by Crippen LogP contribution is -3.00. The molecule has 284 valence electrons. The van der Waals surface area contributed by atoms with E-state index in [9.17, 15) is 0 Å². The molecular formula is C40H46Br2N4O6Si2. The zero-order chi connectivity index (χ0) is 36.3. The monoisotopic (exact) mass is 892 g/mol. The summed E-state index contributed by atoms with van der Waals surface area (Å²) >= 11 is 0. The molecule has 0 saturated carbocycles. The van der Waals surface area contributed by atoms with Crippen LogP contribution < -0.4 is 43.9 Å². The van der Waals surface area contributed by atoms with Crippen molar-refractivity contribution in [3.8, 4) is 0 Å². The first-order chi connectivity index (χ1) is 25.4. The Morgan fingerprint density at radius 3 is 1.09 bits per heavy atom. The molecule has 0 atom stereocenters. The molecule has 0 radical (unpaired) electrons. The van der Waals surface area contributed by atoms with E-state index in [4.69, 9.17) is 36.5 Å². The SMILES string of the molecule is CO[Si](CCCc1ncc2ccc3c[nH+]cc4ccc1c2c34)(OC)OC.CO[Si](CCCc1ncc2ccc3c[nH+]cc4ccc1c2c34)(OC)OC.[Br-].[Br-]. The number of pyridine rings is 4. The maximum Gasteiger partial charge on any atom is 0.500 e. The Hall–Kier alpha value is -3.29. The van der Waals surface area contributed by atoms with Gasteiger partial charge < -0.3 is 60.5 Å². The van der Waals surface area contributed by atoms with E-state index in [-0.39, 0.29) is 34.0 Å². The Labute approximate surface area is 338 Å². The molecule has 8 rings (SSSR count). The Kier molecular flexibility index (Phi) is 14.0. The van der Waals surface area contributed by atoms with Crippen LogP contribution in [0.5, 0.6) is 0 Å². The maximum atomic E-state index is 5.52. The third-order valence-corrected chi connectivity index (χ3v) is 16.1. The molecule has 0 bridgehead atoms. The van der Waals surface area contributed by atoms with Crippen LogP contribution in [0.3, 0.4) is 0 Å². The van der Waals surface area contributed by atoms with Crippen LogP contribution in [0, 0.1) is 0 Å². The van der Waals surface area contributed by atoms with Crippen LogP contribution in [-0.2, 0) is 39.4 Å². The summed E-state index contributed by atoms with van der Waals surface area (Å²) in [4.78, 5) is 15.9. The summed E-state index contributed by atoms with van der Waals surface area (Å²) in [7, 11) is 4.88. The number of H-pyrrole nitrogens is 2. The van der Waals surface area contributed by atoms with E-state index in [2.05, 4.69) is 83.3 Å². The van der Waals surface area contributed by atoms with E-state index in [1.165, 1.54) is 64.6 Å². The Morgan fingerprint density at radius 2 is 0.759 bits per heavy atom. The zero-order valence-electron chi connectivity index (χ0n) is 31.4. The number of benzene rings is 4. The van der Waals surface area contributed by atoms with Gasteiger partial charge in [-0.25, -0.2) is 9.97 Å². The quantitative estimate of drug-likeness (QED) is 0.119. The van der Waals surface area contributed by atoms with Crippen LogP contribution in [0.2, 0.25) is 12.1 Å². The van der Waals surface area contributed by atoms with Crippen molar-refractivity contribution >= 4 is 82.2 Å². The fourth-order valence-corrected chi connectivity index (χ4v) is 11.1. The fourth-order valence-electron chi connectivity index (χ4n) is 7.66. The lowest BCUT2D eigenvalue weighted by atomic mass is 9.95. The molecule has 0 aliphatic heterocycles. The number of nitrogens with one attached hydrogen (secondary N) is 2. The van der Waals surface area contributed by atoms with Crippen molar-refractivity contribution in [3.05, 3.63) is 97.1 Å². The predicted octanol–water partition coefficient (Wildman–Crippen LogP) is 1.22. The average Bonchev–Trinajstić information content (AvgIpc) is 3.21. The van der Waals surface area contributed by atoms with Crippen molar-refractivity contribution in [2.75, 3.05) is 42.7 Å². The number of aromatic nitrogens is 4. The van der Waals surface area contributed by atoms with Gasteiger partial charge in [0, 0.05) is 143 Å². The number of halogens is 2. The van der Waals surface area contributed by atoms with Crippen molar-refractivity contribution in [3.63, 3.8) is 0 Å². The van der Waals surface area contributed by atoms with Gasteiger partial charge in [-0.2, -0.15) is 0 Å². The number of nitrogens with zero attached hydrogens (tertiary/aromatic N) is 2. The normalized spacial score (nSPS) is 12.1. The van der Waals surface area contributed by atoms with E-state index in [1.54, 1.807) is 42.7 Å². The minimum Gasteiger partial charge on any atom is -1.00 e. The summed E-state index contributed by atoms with van der Waals surface area (Å²) in [5.74, 6) is 0. The van der Waals surface area contributed by atoms with E-state index in [1.807, 2.05) is 12.4 Å². The molecule has 4 aromatic heterocycles. The zero-order valence-corrected chi connectivity index (χ0v) is 36.6. The molecule has 14 heteroatoms. The molecule has 0 spiro atoms. The summed E-state index contributed by atoms with van der Waals surface area (Å²) in [6.45, 7) is 0. The van der Waals surface area contributed by atoms with Gasteiger partial charge >= 0.3 is 17.6 Å². The van der Waals surface area contributed by atoms with E-state index < -0.39 is 17.6 Å². The van der Waals surface area contributed by atoms with Gasteiger partial charge in [0.15, 0.2) is 24.8 Å². The second-order valence-electron chi connectivity index (χ2n) is 13.0. The molecule has 0 saturated heterocycles. The first-order valence-electron chi connectivity index (χ1n) is 17.6. The molecule has 0 fully saturated rings. The third kappa shape index (κ3) is 7.87. The molecule has 0 unspecified atom stereocenters. The van der Waals surface area contributed by atoms with Crippen molar-refractivity contribution < 1.29 is 70.5 Å². The predicted molar refractivity (Wildman–Crippen MR) is 209 cm³/mol. The highest BCUT2D eigenvalue weighted by Crippen LogP contribution is 2.36. The van der Waals surface area contributed by atoms with Crippen molar-refractivity contribution in [1.29, 1.82) is 0 Å². The molecule has 0 aliphatic rings. The summed E-state index contributed by atoms with van der Waals surface area (Å²) < 4.78 is 33.1. The lowest BCUT2D eigenvalue weighted by molar-refractivity contribution is -0.374. The number of hydrogen-bond donors (Lipinski definition) is 0. The molecule has 10 nitrogen and oxygen atoms in total. The molecule has 0 amide bonds. The maximum absolute atomic E-state index is 5.52. The van der Waals surface area contributed by atoms with Gasteiger partial charge in [-0.05, 0) is 49.9 Å². The molecule has 0 aliphatic carbocycles. The molecule has 2 N–H and O–H groups in total. The van der Waals surface area contributed by atoms with Crippen LogP contribution in [0.25, 0.3) is 64.6 Å². The number of aromatic amines is 2. The largest absolute Gasteiger partial charge is 1.00 e. The highest BCUT2D eigenvalue weighted by Gasteiger charge is 2.37. The first-order valence-corrected chi connectivity index (χ1v) is 21.4. The molecule has 4 aromatic carbocycles. The van der Waals surface area contributed by atoms with Gasteiger partial charge in [0.2, 0.25) is 0 Å². The highest BCUT2D eigenvalue weighted by molar-refractivity contribution is 6.60. The van der Waals surface area contributed by atoms with Gasteiger partial charge in [-0.15, -0.1) is 0 Å². The van der Waals surface area contributed by atoms with E-state index >= 15 is 0 Å². The Morgan fingerprint density at radius 1 is 0.444 bits per heavy atom. The minimum atomic E-state index is -2.53. The number of hydrogen-bond acceptors (Lipinski definition) is 8. The fraction of sp³-hybridized carbons (Fsp3) is 0.300. The van der Waals surface area contributed by atoms with Gasteiger partial charge in [0.1, 0.15) is 0 Å². The van der Waals surface area contributed by atoms with E-state index in [0.29, 0.717) is 0 Å². The third-order valence-electron chi connectivity index (χ3n) is 10.5. The number of aryl methyl sites for hydroxylation is 2. The lowest BCUT2D eigenvalue weighted by Gasteiger charge is -2.24. The van der Waals surface area contributed by atoms with Crippen LogP contribution in [0.1, 0.15) is 24.2 Å². The first kappa shape index (κ1) is 41.9. The summed E-state index contributed by atoms with van der Waals surface area (Å²) in [5.41, 5.74) is 2.23. The topological polar surface area (TPSA) is 109 Å².